The van der Waals surface area contributed by atoms with E-state index in [1.807, 2.05) is 0 Å². The molecule has 5 nitrogen and oxygen atoms in total. The van der Waals surface area contributed by atoms with Crippen LogP contribution in [0.25, 0.3) is 0 Å². The van der Waals surface area contributed by atoms with Gasteiger partial charge in [-0.25, -0.2) is 0 Å². The van der Waals surface area contributed by atoms with Gasteiger partial charge in [-0.3, -0.25) is 4.79 Å². The van der Waals surface area contributed by atoms with E-state index in [1.165, 1.54) is 0 Å². The number of hydrogen-bond acceptors (Lipinski definition) is 4. The number of nitrogens with one attached hydrogen (secondary N) is 2. The summed E-state index contributed by atoms with van der Waals surface area (Å²) >= 11 is 17.9. The second-order valence-corrected chi connectivity index (χ2v) is 7.07. The Morgan fingerprint density at radius 3 is 2.54 bits per heavy atom. The standard InChI is InChI=1S/C18H22Cl2N2O3S/c1-4-6-7-25-16-12(19)8-11(9-13(16)20)15-14(17(23)24-5-2)10(3)21-18(26)22-15/h8-9,14-15H,3-7H2,1-2H3,(H2,21,22,26)/t14-,15+/m1/s1. The van der Waals surface area contributed by atoms with E-state index in [4.69, 9.17) is 44.9 Å². The first-order chi connectivity index (χ1) is 12.4. The molecule has 1 aliphatic rings. The van der Waals surface area contributed by atoms with Gasteiger partial charge in [0.15, 0.2) is 10.9 Å². The summed E-state index contributed by atoms with van der Waals surface area (Å²) in [7, 11) is 0. The molecule has 1 aromatic carbocycles. The van der Waals surface area contributed by atoms with Crippen molar-refractivity contribution < 1.29 is 14.3 Å². The van der Waals surface area contributed by atoms with Crippen LogP contribution < -0.4 is 15.4 Å². The Labute approximate surface area is 169 Å². The van der Waals surface area contributed by atoms with Gasteiger partial charge >= 0.3 is 5.97 Å². The third-order valence-electron chi connectivity index (χ3n) is 3.93. The summed E-state index contributed by atoms with van der Waals surface area (Å²) in [6.07, 6.45) is 1.91. The lowest BCUT2D eigenvalue weighted by Gasteiger charge is -2.35. The zero-order chi connectivity index (χ0) is 19.3. The lowest BCUT2D eigenvalue weighted by Crippen LogP contribution is -2.51. The number of benzene rings is 1. The number of carbonyl (C=O) groups excluding carboxylic acids is 1. The number of carbonyl (C=O) groups is 1. The molecule has 142 valence electrons. The number of rotatable bonds is 7. The molecule has 2 rings (SSSR count). The van der Waals surface area contributed by atoms with E-state index in [1.54, 1.807) is 19.1 Å². The number of unbranched alkanes of at least 4 members (excludes halogenated alkanes) is 1. The summed E-state index contributed by atoms with van der Waals surface area (Å²) in [4.78, 5) is 12.4. The van der Waals surface area contributed by atoms with Gasteiger partial charge in [-0.15, -0.1) is 0 Å². The van der Waals surface area contributed by atoms with Crippen molar-refractivity contribution in [1.82, 2.24) is 10.6 Å². The first-order valence-corrected chi connectivity index (χ1v) is 9.60. The van der Waals surface area contributed by atoms with Crippen molar-refractivity contribution in [3.05, 3.63) is 40.0 Å². The Balaban J connectivity index is 2.35. The summed E-state index contributed by atoms with van der Waals surface area (Å²) in [6, 6.07) is 2.95. The lowest BCUT2D eigenvalue weighted by atomic mass is 9.89. The average Bonchev–Trinajstić information content (AvgIpc) is 2.56. The summed E-state index contributed by atoms with van der Waals surface area (Å²) in [5, 5.41) is 7.08. The molecule has 2 N–H and O–H groups in total. The van der Waals surface area contributed by atoms with Crippen molar-refractivity contribution in [3.63, 3.8) is 0 Å². The van der Waals surface area contributed by atoms with Crippen molar-refractivity contribution >= 4 is 46.5 Å². The van der Waals surface area contributed by atoms with Gasteiger partial charge in [0, 0.05) is 5.70 Å². The van der Waals surface area contributed by atoms with E-state index >= 15 is 0 Å². The second kappa shape index (κ2) is 9.44. The van der Waals surface area contributed by atoms with Gasteiger partial charge in [-0.05, 0) is 43.3 Å². The molecule has 26 heavy (non-hydrogen) atoms. The van der Waals surface area contributed by atoms with Crippen LogP contribution in [0.5, 0.6) is 5.75 Å². The van der Waals surface area contributed by atoms with E-state index in [-0.39, 0.29) is 6.61 Å². The van der Waals surface area contributed by atoms with Crippen LogP contribution in [-0.4, -0.2) is 24.3 Å². The van der Waals surface area contributed by atoms with E-state index in [0.717, 1.165) is 12.8 Å². The number of hydrogen-bond donors (Lipinski definition) is 2. The minimum atomic E-state index is -0.666. The van der Waals surface area contributed by atoms with Crippen LogP contribution in [0.1, 0.15) is 38.3 Å². The maximum absolute atomic E-state index is 12.4. The fourth-order valence-electron chi connectivity index (χ4n) is 2.69. The molecule has 0 spiro atoms. The van der Waals surface area contributed by atoms with E-state index in [2.05, 4.69) is 24.1 Å². The van der Waals surface area contributed by atoms with Crippen molar-refractivity contribution in [2.75, 3.05) is 13.2 Å². The molecule has 0 unspecified atom stereocenters. The molecular weight excluding hydrogens is 395 g/mol. The van der Waals surface area contributed by atoms with Gasteiger partial charge in [0.25, 0.3) is 0 Å². The van der Waals surface area contributed by atoms with E-state index in [9.17, 15) is 4.79 Å². The Morgan fingerprint density at radius 1 is 1.31 bits per heavy atom. The molecule has 1 aromatic rings. The van der Waals surface area contributed by atoms with Crippen LogP contribution in [-0.2, 0) is 9.53 Å². The van der Waals surface area contributed by atoms with Crippen LogP contribution in [0.4, 0.5) is 0 Å². The molecule has 8 heteroatoms. The van der Waals surface area contributed by atoms with E-state index < -0.39 is 17.9 Å². The Hall–Kier alpha value is -1.50. The first kappa shape index (κ1) is 20.8. The molecule has 0 amide bonds. The van der Waals surface area contributed by atoms with Gasteiger partial charge < -0.3 is 20.1 Å². The second-order valence-electron chi connectivity index (χ2n) is 5.85. The summed E-state index contributed by atoms with van der Waals surface area (Å²) in [5.41, 5.74) is 1.17. The molecule has 0 saturated carbocycles. The van der Waals surface area contributed by atoms with Crippen molar-refractivity contribution in [3.8, 4) is 5.75 Å². The first-order valence-electron chi connectivity index (χ1n) is 8.43. The minimum absolute atomic E-state index is 0.269. The molecule has 0 bridgehead atoms. The third kappa shape index (κ3) is 4.81. The third-order valence-corrected chi connectivity index (χ3v) is 4.72. The van der Waals surface area contributed by atoms with Crippen LogP contribution in [0.15, 0.2) is 24.4 Å². The highest BCUT2D eigenvalue weighted by Gasteiger charge is 2.38. The number of halogens is 2. The van der Waals surface area contributed by atoms with Crippen LogP contribution in [0.2, 0.25) is 10.0 Å². The molecule has 1 saturated heterocycles. The topological polar surface area (TPSA) is 59.6 Å². The molecule has 1 fully saturated rings. The smallest absolute Gasteiger partial charge is 0.317 e. The molecule has 0 aliphatic carbocycles. The Kier molecular flexibility index (Phi) is 7.55. The van der Waals surface area contributed by atoms with Crippen molar-refractivity contribution in [1.29, 1.82) is 0 Å². The lowest BCUT2D eigenvalue weighted by molar-refractivity contribution is -0.147. The molecule has 1 aliphatic heterocycles. The Morgan fingerprint density at radius 2 is 1.96 bits per heavy atom. The van der Waals surface area contributed by atoms with Gasteiger partial charge in [0.1, 0.15) is 5.92 Å². The molecule has 2 atom stereocenters. The van der Waals surface area contributed by atoms with Gasteiger partial charge in [-0.1, -0.05) is 43.1 Å². The van der Waals surface area contributed by atoms with Gasteiger partial charge in [0.05, 0.1) is 29.3 Å². The number of thiocarbonyl (C=S) groups is 1. The number of ether oxygens (including phenoxy) is 2. The van der Waals surface area contributed by atoms with Crippen molar-refractivity contribution in [2.24, 2.45) is 5.92 Å². The average molecular weight is 417 g/mol. The molecule has 0 radical (unpaired) electrons. The largest absolute Gasteiger partial charge is 0.490 e. The van der Waals surface area contributed by atoms with Gasteiger partial charge in [-0.2, -0.15) is 0 Å². The van der Waals surface area contributed by atoms with E-state index in [0.29, 0.717) is 38.8 Å². The molecule has 1 heterocycles. The summed E-state index contributed by atoms with van der Waals surface area (Å²) in [5.74, 6) is -0.630. The minimum Gasteiger partial charge on any atom is -0.490 e. The highest BCUT2D eigenvalue weighted by Crippen LogP contribution is 2.39. The predicted octanol–water partition coefficient (Wildman–Crippen LogP) is 4.38. The van der Waals surface area contributed by atoms with Gasteiger partial charge in [0.2, 0.25) is 0 Å². The maximum atomic E-state index is 12.4. The fraction of sp³-hybridized carbons (Fsp3) is 0.444. The normalized spacial score (nSPS) is 19.5. The quantitative estimate of drug-likeness (QED) is 0.390. The summed E-state index contributed by atoms with van der Waals surface area (Å²) < 4.78 is 10.8. The van der Waals surface area contributed by atoms with Crippen LogP contribution >= 0.6 is 35.4 Å². The van der Waals surface area contributed by atoms with Crippen LogP contribution in [0.3, 0.4) is 0 Å². The SMILES string of the molecule is C=C1NC(=S)N[C@@H](c2cc(Cl)c(OCCCC)c(Cl)c2)[C@@H]1C(=O)OCC. The highest BCUT2D eigenvalue weighted by molar-refractivity contribution is 7.80. The molecular formula is C18H22Cl2N2O3S. The zero-order valence-electron chi connectivity index (χ0n) is 14.7. The van der Waals surface area contributed by atoms with Crippen molar-refractivity contribution in [2.45, 2.75) is 32.7 Å². The Bertz CT molecular complexity index is 689. The molecule has 0 aromatic heterocycles. The monoisotopic (exact) mass is 416 g/mol. The fourth-order valence-corrected chi connectivity index (χ4v) is 3.56. The predicted molar refractivity (Wildman–Crippen MR) is 108 cm³/mol. The zero-order valence-corrected chi connectivity index (χ0v) is 17.1. The van der Waals surface area contributed by atoms with Crippen LogP contribution in [0, 0.1) is 5.92 Å². The maximum Gasteiger partial charge on any atom is 0.317 e. The summed E-state index contributed by atoms with van der Waals surface area (Å²) in [6.45, 7) is 8.53. The number of esters is 1. The highest BCUT2D eigenvalue weighted by atomic mass is 35.5.